The van der Waals surface area contributed by atoms with Crippen LogP contribution in [0, 0.1) is 6.07 Å². The molecule has 2 aromatic rings. The summed E-state index contributed by atoms with van der Waals surface area (Å²) in [7, 11) is -2.40. The van der Waals surface area contributed by atoms with Gasteiger partial charge in [0, 0.05) is 0 Å². The van der Waals surface area contributed by atoms with Gasteiger partial charge >= 0.3 is 0 Å². The molecule has 0 aliphatic rings. The molecule has 2 aromatic carbocycles. The van der Waals surface area contributed by atoms with Crippen LogP contribution in [0.3, 0.4) is 0 Å². The molecule has 2 nitrogen and oxygen atoms in total. The van der Waals surface area contributed by atoms with E-state index in [9.17, 15) is 8.42 Å². The number of thiol groups is 1. The van der Waals surface area contributed by atoms with Gasteiger partial charge in [-0.25, -0.2) is 8.42 Å². The Morgan fingerprint density at radius 2 is 1.74 bits per heavy atom. The molecular weight excluding hydrogens is 256 g/mol. The van der Waals surface area contributed by atoms with Crippen molar-refractivity contribution in [1.29, 1.82) is 0 Å². The zero-order valence-electron chi connectivity index (χ0n) is 11.1. The van der Waals surface area contributed by atoms with Crippen LogP contribution in [0.15, 0.2) is 42.5 Å². The van der Waals surface area contributed by atoms with Crippen LogP contribution in [0.1, 0.15) is 30.9 Å². The van der Waals surface area contributed by atoms with Gasteiger partial charge in [-0.2, -0.15) is 0 Å². The molecule has 1 radical (unpaired) electrons. The minimum Gasteiger partial charge on any atom is -0.232 e. The van der Waals surface area contributed by atoms with E-state index < -0.39 is 10.7 Å². The first-order chi connectivity index (χ1) is 9.06. The van der Waals surface area contributed by atoms with Gasteiger partial charge in [0.15, 0.2) is 0 Å². The monoisotopic (exact) mass is 273 g/mol. The SMILES string of the molecule is CC(C)c1ccc(-c2[c]c(C[SH](=O)=O)ccc2)cc1. The van der Waals surface area contributed by atoms with E-state index in [1.807, 2.05) is 12.1 Å². The van der Waals surface area contributed by atoms with Crippen molar-refractivity contribution in [3.8, 4) is 11.1 Å². The number of hydrogen-bond acceptors (Lipinski definition) is 2. The van der Waals surface area contributed by atoms with Gasteiger partial charge in [0.05, 0.1) is 5.75 Å². The van der Waals surface area contributed by atoms with Gasteiger partial charge in [0.25, 0.3) is 0 Å². The Bertz CT molecular complexity index is 617. The van der Waals surface area contributed by atoms with E-state index in [4.69, 9.17) is 0 Å². The lowest BCUT2D eigenvalue weighted by atomic mass is 9.98. The van der Waals surface area contributed by atoms with Crippen LogP contribution in [-0.2, 0) is 16.5 Å². The van der Waals surface area contributed by atoms with Crippen molar-refractivity contribution in [2.24, 2.45) is 0 Å². The van der Waals surface area contributed by atoms with Crippen LogP contribution < -0.4 is 0 Å². The van der Waals surface area contributed by atoms with E-state index in [1.54, 1.807) is 6.07 Å². The molecule has 0 heterocycles. The molecule has 3 heteroatoms. The van der Waals surface area contributed by atoms with Crippen LogP contribution in [0.2, 0.25) is 0 Å². The minimum absolute atomic E-state index is 0.0489. The maximum atomic E-state index is 10.8. The van der Waals surface area contributed by atoms with Crippen molar-refractivity contribution >= 4 is 10.7 Å². The van der Waals surface area contributed by atoms with Gasteiger partial charge in [-0.15, -0.1) is 0 Å². The third kappa shape index (κ3) is 3.67. The summed E-state index contributed by atoms with van der Waals surface area (Å²) in [6.07, 6.45) is 0. The highest BCUT2D eigenvalue weighted by Gasteiger charge is 2.03. The van der Waals surface area contributed by atoms with Gasteiger partial charge in [0.2, 0.25) is 0 Å². The van der Waals surface area contributed by atoms with E-state index in [-0.39, 0.29) is 5.75 Å². The molecule has 0 fully saturated rings. The highest BCUT2D eigenvalue weighted by molar-refractivity contribution is 7.71. The van der Waals surface area contributed by atoms with Crippen molar-refractivity contribution in [3.63, 3.8) is 0 Å². The predicted octanol–water partition coefficient (Wildman–Crippen LogP) is 3.39. The molecule has 0 atom stereocenters. The van der Waals surface area contributed by atoms with Crippen molar-refractivity contribution in [2.45, 2.75) is 25.5 Å². The molecule has 0 aliphatic carbocycles. The zero-order chi connectivity index (χ0) is 13.8. The van der Waals surface area contributed by atoms with E-state index in [0.29, 0.717) is 11.5 Å². The first-order valence-electron chi connectivity index (χ1n) is 6.29. The lowest BCUT2D eigenvalue weighted by Gasteiger charge is -2.07. The van der Waals surface area contributed by atoms with Crippen molar-refractivity contribution in [2.75, 3.05) is 0 Å². The molecule has 0 aromatic heterocycles. The average molecular weight is 273 g/mol. The van der Waals surface area contributed by atoms with E-state index in [1.165, 1.54) is 5.56 Å². The molecule has 0 spiro atoms. The Balaban J connectivity index is 2.30. The molecule has 2 rings (SSSR count). The summed E-state index contributed by atoms with van der Waals surface area (Å²) in [5.74, 6) is 0.557. The summed E-state index contributed by atoms with van der Waals surface area (Å²) < 4.78 is 21.5. The van der Waals surface area contributed by atoms with Crippen LogP contribution >= 0.6 is 0 Å². The minimum atomic E-state index is -2.40. The Morgan fingerprint density at radius 1 is 1.05 bits per heavy atom. The lowest BCUT2D eigenvalue weighted by Crippen LogP contribution is -1.89. The summed E-state index contributed by atoms with van der Waals surface area (Å²) in [5, 5.41) is 0. The van der Waals surface area contributed by atoms with Crippen LogP contribution in [0.25, 0.3) is 11.1 Å². The Labute approximate surface area is 116 Å². The smallest absolute Gasteiger partial charge is 0.144 e. The summed E-state index contributed by atoms with van der Waals surface area (Å²) >= 11 is 0. The van der Waals surface area contributed by atoms with Gasteiger partial charge in [-0.05, 0) is 34.2 Å². The maximum absolute atomic E-state index is 10.8. The predicted molar refractivity (Wildman–Crippen MR) is 78.8 cm³/mol. The maximum Gasteiger partial charge on any atom is 0.144 e. The summed E-state index contributed by atoms with van der Waals surface area (Å²) in [6, 6.07) is 17.1. The number of rotatable bonds is 4. The van der Waals surface area contributed by atoms with E-state index in [2.05, 4.69) is 44.2 Å². The standard InChI is InChI=1S/C16H17O2S/c1-12(2)14-6-8-15(9-7-14)16-5-3-4-13(10-16)11-19(17)18/h3-9,12,19H,11H2,1-2H3. The topological polar surface area (TPSA) is 34.1 Å². The van der Waals surface area contributed by atoms with E-state index >= 15 is 0 Å². The molecular formula is C16H17O2S. The Kier molecular flexibility index (Phi) is 4.38. The second kappa shape index (κ2) is 6.02. The fraction of sp³-hybridized carbons (Fsp3) is 0.250. The van der Waals surface area contributed by atoms with E-state index in [0.717, 1.165) is 11.1 Å². The zero-order valence-corrected chi connectivity index (χ0v) is 12.0. The first kappa shape index (κ1) is 13.8. The molecule has 0 saturated heterocycles. The molecule has 19 heavy (non-hydrogen) atoms. The third-order valence-electron chi connectivity index (χ3n) is 3.04. The largest absolute Gasteiger partial charge is 0.232 e. The molecule has 0 N–H and O–H groups in total. The molecule has 0 aliphatic heterocycles. The summed E-state index contributed by atoms with van der Waals surface area (Å²) in [5.41, 5.74) is 4.00. The highest BCUT2D eigenvalue weighted by atomic mass is 32.2. The second-order valence-corrected chi connectivity index (χ2v) is 5.84. The van der Waals surface area contributed by atoms with Crippen molar-refractivity contribution < 1.29 is 8.42 Å². The highest BCUT2D eigenvalue weighted by Crippen LogP contribution is 2.23. The Hall–Kier alpha value is -1.61. The van der Waals surface area contributed by atoms with Crippen LogP contribution in [0.4, 0.5) is 0 Å². The lowest BCUT2D eigenvalue weighted by molar-refractivity contribution is 0.614. The number of benzene rings is 2. The molecule has 99 valence electrons. The third-order valence-corrected chi connectivity index (χ3v) is 3.64. The van der Waals surface area contributed by atoms with Crippen LogP contribution in [0.5, 0.6) is 0 Å². The first-order valence-corrected chi connectivity index (χ1v) is 7.66. The Morgan fingerprint density at radius 3 is 2.32 bits per heavy atom. The van der Waals surface area contributed by atoms with Crippen molar-refractivity contribution in [1.82, 2.24) is 0 Å². The van der Waals surface area contributed by atoms with Crippen molar-refractivity contribution in [3.05, 3.63) is 59.7 Å². The normalized spacial score (nSPS) is 11.2. The van der Waals surface area contributed by atoms with Gasteiger partial charge in [0.1, 0.15) is 10.7 Å². The fourth-order valence-corrected chi connectivity index (χ4v) is 2.43. The molecule has 0 saturated carbocycles. The number of hydrogen-bond donors (Lipinski definition) is 1. The molecule has 0 amide bonds. The average Bonchev–Trinajstić information content (AvgIpc) is 2.38. The molecule has 0 bridgehead atoms. The second-order valence-electron chi connectivity index (χ2n) is 4.86. The van der Waals surface area contributed by atoms with Crippen LogP contribution in [-0.4, -0.2) is 8.42 Å². The fourth-order valence-electron chi connectivity index (χ4n) is 1.96. The van der Waals surface area contributed by atoms with Gasteiger partial charge in [-0.1, -0.05) is 56.3 Å². The van der Waals surface area contributed by atoms with Gasteiger partial charge in [-0.3, -0.25) is 0 Å². The molecule has 0 unspecified atom stereocenters. The summed E-state index contributed by atoms with van der Waals surface area (Å²) in [4.78, 5) is 0. The summed E-state index contributed by atoms with van der Waals surface area (Å²) in [6.45, 7) is 4.32. The quantitative estimate of drug-likeness (QED) is 0.866. The van der Waals surface area contributed by atoms with Gasteiger partial charge < -0.3 is 0 Å².